The molecule has 0 radical (unpaired) electrons. The van der Waals surface area contributed by atoms with Crippen molar-refractivity contribution in [2.75, 3.05) is 34.2 Å². The van der Waals surface area contributed by atoms with Crippen LogP contribution in [0.5, 0.6) is 0 Å². The van der Waals surface area contributed by atoms with Gasteiger partial charge in [-0.1, -0.05) is 43.5 Å². The smallest absolute Gasteiger partial charge is 0.385 e. The largest absolute Gasteiger partial charge is 0.500 e. The average molecular weight is 365 g/mol. The van der Waals surface area contributed by atoms with Crippen LogP contribution >= 0.6 is 0 Å². The van der Waals surface area contributed by atoms with Crippen molar-refractivity contribution in [3.8, 4) is 0 Å². The van der Waals surface area contributed by atoms with Crippen LogP contribution in [0.1, 0.15) is 13.3 Å². The lowest BCUT2D eigenvalue weighted by Gasteiger charge is -2.36. The van der Waals surface area contributed by atoms with Gasteiger partial charge < -0.3 is 18.0 Å². The number of ether oxygens (including phenoxy) is 1. The predicted molar refractivity (Wildman–Crippen MR) is 102 cm³/mol. The fourth-order valence-electron chi connectivity index (χ4n) is 2.81. The Balaban J connectivity index is 4.66. The third kappa shape index (κ3) is 6.39. The second-order valence-corrected chi connectivity index (χ2v) is 20.2. The molecule has 4 nitrogen and oxygen atoms in total. The SMILES string of the molecule is C=C([Si](C)(C)CCC[Si](OC)(OC)OC)[Si](C)(C)COCC. The van der Waals surface area contributed by atoms with Crippen molar-refractivity contribution in [3.63, 3.8) is 0 Å². The minimum atomic E-state index is -2.44. The molecular weight excluding hydrogens is 328 g/mol. The van der Waals surface area contributed by atoms with Gasteiger partial charge >= 0.3 is 8.80 Å². The zero-order valence-electron chi connectivity index (χ0n) is 15.9. The summed E-state index contributed by atoms with van der Waals surface area (Å²) in [6, 6.07) is 2.06. The summed E-state index contributed by atoms with van der Waals surface area (Å²) in [5, 5.41) is 0. The van der Waals surface area contributed by atoms with Crippen LogP contribution < -0.4 is 0 Å². The first-order chi connectivity index (χ1) is 10.1. The van der Waals surface area contributed by atoms with E-state index in [1.165, 1.54) is 10.9 Å². The van der Waals surface area contributed by atoms with Crippen LogP contribution in [-0.2, 0) is 18.0 Å². The van der Waals surface area contributed by atoms with Crippen molar-refractivity contribution in [2.45, 2.75) is 51.6 Å². The Hall–Kier alpha value is 0.231. The minimum Gasteiger partial charge on any atom is -0.385 e. The fraction of sp³-hybridized carbons (Fsp3) is 0.867. The zero-order valence-corrected chi connectivity index (χ0v) is 18.9. The molecule has 0 atom stereocenters. The van der Waals surface area contributed by atoms with Gasteiger partial charge in [-0.15, -0.1) is 6.58 Å². The highest BCUT2D eigenvalue weighted by atomic mass is 28.4. The first kappa shape index (κ1) is 22.2. The van der Waals surface area contributed by atoms with Gasteiger partial charge in [-0.2, -0.15) is 0 Å². The molecule has 0 heterocycles. The van der Waals surface area contributed by atoms with E-state index in [4.69, 9.17) is 18.0 Å². The van der Waals surface area contributed by atoms with Gasteiger partial charge in [-0.05, 0) is 6.92 Å². The lowest BCUT2D eigenvalue weighted by Crippen LogP contribution is -2.47. The Bertz CT molecular complexity index is 333. The highest BCUT2D eigenvalue weighted by molar-refractivity contribution is 7.05. The highest BCUT2D eigenvalue weighted by Gasteiger charge is 2.40. The molecule has 22 heavy (non-hydrogen) atoms. The van der Waals surface area contributed by atoms with Gasteiger partial charge in [0.2, 0.25) is 0 Å². The van der Waals surface area contributed by atoms with Gasteiger partial charge in [0.15, 0.2) is 0 Å². The summed E-state index contributed by atoms with van der Waals surface area (Å²) >= 11 is 0. The van der Waals surface area contributed by atoms with Crippen LogP contribution in [0.2, 0.25) is 38.3 Å². The van der Waals surface area contributed by atoms with Crippen molar-refractivity contribution in [1.29, 1.82) is 0 Å². The van der Waals surface area contributed by atoms with Crippen LogP contribution in [0, 0.1) is 0 Å². The van der Waals surface area contributed by atoms with Crippen LogP contribution in [0.25, 0.3) is 0 Å². The Morgan fingerprint density at radius 2 is 1.36 bits per heavy atom. The predicted octanol–water partition coefficient (Wildman–Crippen LogP) is 3.88. The first-order valence-corrected chi connectivity index (χ1v) is 16.4. The summed E-state index contributed by atoms with van der Waals surface area (Å²) in [7, 11) is -0.410. The molecule has 0 spiro atoms. The molecule has 0 aromatic heterocycles. The lowest BCUT2D eigenvalue weighted by atomic mass is 10.6. The summed E-state index contributed by atoms with van der Waals surface area (Å²) in [6.45, 7) is 16.9. The first-order valence-electron chi connectivity index (χ1n) is 8.04. The van der Waals surface area contributed by atoms with Crippen molar-refractivity contribution < 1.29 is 18.0 Å². The van der Waals surface area contributed by atoms with Crippen molar-refractivity contribution in [1.82, 2.24) is 0 Å². The Morgan fingerprint density at radius 3 is 1.77 bits per heavy atom. The topological polar surface area (TPSA) is 36.9 Å². The third-order valence-corrected chi connectivity index (χ3v) is 17.2. The number of hydrogen-bond acceptors (Lipinski definition) is 4. The quantitative estimate of drug-likeness (QED) is 0.492. The summed E-state index contributed by atoms with van der Waals surface area (Å²) in [5.41, 5.74) is 0. The maximum atomic E-state index is 5.70. The molecule has 132 valence electrons. The normalized spacial score (nSPS) is 13.5. The zero-order chi connectivity index (χ0) is 17.4. The number of rotatable bonds is 12. The summed E-state index contributed by atoms with van der Waals surface area (Å²) in [4.78, 5) is 1.51. The van der Waals surface area contributed by atoms with Crippen molar-refractivity contribution in [2.24, 2.45) is 0 Å². The summed E-state index contributed by atoms with van der Waals surface area (Å²) < 4.78 is 22.2. The summed E-state index contributed by atoms with van der Waals surface area (Å²) in [5.74, 6) is 0. The van der Waals surface area contributed by atoms with Crippen LogP contribution in [0.15, 0.2) is 11.4 Å². The fourth-order valence-corrected chi connectivity index (χ4v) is 15.1. The molecule has 0 saturated carbocycles. The van der Waals surface area contributed by atoms with Gasteiger partial charge in [-0.25, -0.2) is 0 Å². The highest BCUT2D eigenvalue weighted by Crippen LogP contribution is 2.30. The molecule has 0 amide bonds. The van der Waals surface area contributed by atoms with E-state index in [9.17, 15) is 0 Å². The minimum absolute atomic E-state index is 0.787. The second kappa shape index (κ2) is 9.51. The standard InChI is InChI=1S/C15H36O4Si3/c1-10-19-14-21(8,9)15(2)20(6,7)12-11-13-22(16-3,17-4)18-5/h2,10-14H2,1,3-9H3. The van der Waals surface area contributed by atoms with E-state index >= 15 is 0 Å². The van der Waals surface area contributed by atoms with Crippen LogP contribution in [0.4, 0.5) is 0 Å². The van der Waals surface area contributed by atoms with Gasteiger partial charge in [0.05, 0.1) is 16.1 Å². The third-order valence-electron chi connectivity index (χ3n) is 4.52. The van der Waals surface area contributed by atoms with E-state index < -0.39 is 25.0 Å². The van der Waals surface area contributed by atoms with Crippen molar-refractivity contribution >= 4 is 25.0 Å². The second-order valence-electron chi connectivity index (χ2n) is 7.03. The molecule has 0 aliphatic heterocycles. The van der Waals surface area contributed by atoms with Gasteiger partial charge in [0, 0.05) is 40.2 Å². The Morgan fingerprint density at radius 1 is 0.864 bits per heavy atom. The summed E-state index contributed by atoms with van der Waals surface area (Å²) in [6.07, 6.45) is 1.95. The van der Waals surface area contributed by atoms with E-state index in [0.29, 0.717) is 0 Å². The van der Waals surface area contributed by atoms with E-state index in [2.05, 4.69) is 39.7 Å². The van der Waals surface area contributed by atoms with Gasteiger partial charge in [0.1, 0.15) is 0 Å². The Labute approximate surface area is 140 Å². The maximum Gasteiger partial charge on any atom is 0.500 e. The van der Waals surface area contributed by atoms with E-state index in [1.54, 1.807) is 21.3 Å². The monoisotopic (exact) mass is 364 g/mol. The van der Waals surface area contributed by atoms with Gasteiger partial charge in [-0.3, -0.25) is 0 Å². The molecule has 7 heteroatoms. The number of hydrogen-bond donors (Lipinski definition) is 0. The molecule has 0 bridgehead atoms. The molecule has 0 aliphatic carbocycles. The molecule has 0 unspecified atom stereocenters. The maximum absolute atomic E-state index is 5.70. The Kier molecular flexibility index (Phi) is 9.61. The van der Waals surface area contributed by atoms with Gasteiger partial charge in [0.25, 0.3) is 0 Å². The molecule has 0 aliphatic rings. The molecule has 0 aromatic carbocycles. The van der Waals surface area contributed by atoms with E-state index in [0.717, 1.165) is 25.3 Å². The molecule has 0 rings (SSSR count). The van der Waals surface area contributed by atoms with Crippen LogP contribution in [-0.4, -0.2) is 59.1 Å². The molecule has 0 fully saturated rings. The van der Waals surface area contributed by atoms with Crippen molar-refractivity contribution in [3.05, 3.63) is 11.4 Å². The molecular formula is C15H36O4Si3. The van der Waals surface area contributed by atoms with E-state index in [1.807, 2.05) is 0 Å². The molecule has 0 aromatic rings. The van der Waals surface area contributed by atoms with Crippen LogP contribution in [0.3, 0.4) is 0 Å². The lowest BCUT2D eigenvalue weighted by molar-refractivity contribution is 0.123. The molecule has 0 N–H and O–H groups in total. The molecule has 0 saturated heterocycles. The average Bonchev–Trinajstić information content (AvgIpc) is 2.49. The van der Waals surface area contributed by atoms with E-state index in [-0.39, 0.29) is 0 Å².